The zero-order valence-corrected chi connectivity index (χ0v) is 16.3. The smallest absolute Gasteiger partial charge is 0.287 e. The number of halogens is 1. The minimum Gasteiger partial charge on any atom is -0.460 e. The molecule has 0 aliphatic carbocycles. The summed E-state index contributed by atoms with van der Waals surface area (Å²) in [6, 6.07) is 19.1. The van der Waals surface area contributed by atoms with Gasteiger partial charge in [0, 0.05) is 10.6 Å². The number of carbonyl (C=O) groups is 2. The zero-order valence-electron chi connectivity index (χ0n) is 15.6. The number of amides is 2. The molecule has 0 fully saturated rings. The van der Waals surface area contributed by atoms with E-state index in [0.29, 0.717) is 21.9 Å². The van der Waals surface area contributed by atoms with Gasteiger partial charge >= 0.3 is 0 Å². The quantitative estimate of drug-likeness (QED) is 0.365. The average molecular weight is 408 g/mol. The lowest BCUT2D eigenvalue weighted by molar-refractivity contribution is -0.117. The van der Waals surface area contributed by atoms with Gasteiger partial charge in [-0.25, -0.2) is 5.43 Å². The molecule has 3 rings (SSSR count). The summed E-state index contributed by atoms with van der Waals surface area (Å²) in [5.74, 6) is 0.193. The second-order valence-corrected chi connectivity index (χ2v) is 6.45. The van der Waals surface area contributed by atoms with E-state index in [4.69, 9.17) is 16.0 Å². The van der Waals surface area contributed by atoms with Gasteiger partial charge in [-0.2, -0.15) is 5.10 Å². The molecule has 0 aliphatic rings. The predicted molar refractivity (Wildman–Crippen MR) is 113 cm³/mol. The monoisotopic (exact) mass is 407 g/mol. The number of nitrogens with one attached hydrogen (secondary N) is 2. The molecule has 2 aromatic carbocycles. The third kappa shape index (κ3) is 5.67. The Morgan fingerprint density at radius 2 is 1.72 bits per heavy atom. The number of benzene rings is 2. The highest BCUT2D eigenvalue weighted by Gasteiger charge is 2.15. The predicted octanol–water partition coefficient (Wildman–Crippen LogP) is 4.16. The Kier molecular flexibility index (Phi) is 6.60. The number of hydrogen-bond donors (Lipinski definition) is 2. The molecule has 146 valence electrons. The SMILES string of the molecule is Cc1ccc(C=NNC(=O)C(=Cc2ccccc2Cl)NC(=O)c2ccccc2)o1. The van der Waals surface area contributed by atoms with Crippen molar-refractivity contribution in [3.63, 3.8) is 0 Å². The highest BCUT2D eigenvalue weighted by atomic mass is 35.5. The molecule has 0 saturated heterocycles. The lowest BCUT2D eigenvalue weighted by Gasteiger charge is -2.09. The molecular formula is C22H18ClN3O3. The zero-order chi connectivity index (χ0) is 20.6. The molecule has 0 aliphatic heterocycles. The van der Waals surface area contributed by atoms with Crippen molar-refractivity contribution in [2.75, 3.05) is 0 Å². The van der Waals surface area contributed by atoms with Gasteiger partial charge in [-0.05, 0) is 48.9 Å². The highest BCUT2D eigenvalue weighted by molar-refractivity contribution is 6.32. The first-order valence-corrected chi connectivity index (χ1v) is 9.13. The molecule has 0 bridgehead atoms. The first-order valence-electron chi connectivity index (χ1n) is 8.75. The molecule has 0 atom stereocenters. The highest BCUT2D eigenvalue weighted by Crippen LogP contribution is 2.18. The number of hydrazone groups is 1. The Bertz CT molecular complexity index is 1070. The molecule has 0 spiro atoms. The third-order valence-corrected chi connectivity index (χ3v) is 4.20. The van der Waals surface area contributed by atoms with Crippen molar-refractivity contribution in [1.29, 1.82) is 0 Å². The fourth-order valence-electron chi connectivity index (χ4n) is 2.43. The third-order valence-electron chi connectivity index (χ3n) is 3.85. The van der Waals surface area contributed by atoms with E-state index in [0.717, 1.165) is 5.76 Å². The number of nitrogens with zero attached hydrogens (tertiary/aromatic N) is 1. The van der Waals surface area contributed by atoms with E-state index in [-0.39, 0.29) is 5.70 Å². The number of carbonyl (C=O) groups excluding carboxylic acids is 2. The minimum atomic E-state index is -0.603. The summed E-state index contributed by atoms with van der Waals surface area (Å²) in [7, 11) is 0. The largest absolute Gasteiger partial charge is 0.460 e. The second kappa shape index (κ2) is 9.52. The number of furan rings is 1. The second-order valence-electron chi connectivity index (χ2n) is 6.05. The van der Waals surface area contributed by atoms with Gasteiger partial charge < -0.3 is 9.73 Å². The van der Waals surface area contributed by atoms with Crippen molar-refractivity contribution in [3.8, 4) is 0 Å². The number of aryl methyl sites for hydroxylation is 1. The van der Waals surface area contributed by atoms with Crippen molar-refractivity contribution < 1.29 is 14.0 Å². The van der Waals surface area contributed by atoms with E-state index in [1.807, 2.05) is 0 Å². The first-order chi connectivity index (χ1) is 14.0. The summed E-state index contributed by atoms with van der Waals surface area (Å²) in [5, 5.41) is 6.94. The molecule has 29 heavy (non-hydrogen) atoms. The summed E-state index contributed by atoms with van der Waals surface area (Å²) in [5.41, 5.74) is 3.38. The van der Waals surface area contributed by atoms with E-state index in [1.54, 1.807) is 73.7 Å². The standard InChI is InChI=1S/C22H18ClN3O3/c1-15-11-12-18(29-15)14-24-26-22(28)20(13-17-9-5-6-10-19(17)23)25-21(27)16-7-3-2-4-8-16/h2-14H,1H3,(H,25,27)(H,26,28). The van der Waals surface area contributed by atoms with E-state index >= 15 is 0 Å². The van der Waals surface area contributed by atoms with Crippen LogP contribution < -0.4 is 10.7 Å². The summed E-state index contributed by atoms with van der Waals surface area (Å²) < 4.78 is 5.36. The Morgan fingerprint density at radius 3 is 2.41 bits per heavy atom. The summed E-state index contributed by atoms with van der Waals surface area (Å²) in [6.45, 7) is 1.81. The maximum atomic E-state index is 12.6. The Labute approximate surface area is 172 Å². The van der Waals surface area contributed by atoms with E-state index in [1.165, 1.54) is 12.3 Å². The molecule has 2 N–H and O–H groups in total. The van der Waals surface area contributed by atoms with Crippen molar-refractivity contribution in [3.05, 3.63) is 100 Å². The van der Waals surface area contributed by atoms with Crippen LogP contribution >= 0.6 is 11.6 Å². The van der Waals surface area contributed by atoms with Gasteiger partial charge in [-0.3, -0.25) is 9.59 Å². The van der Waals surface area contributed by atoms with Crippen LogP contribution in [0.4, 0.5) is 0 Å². The van der Waals surface area contributed by atoms with Crippen LogP contribution in [0, 0.1) is 6.92 Å². The fraction of sp³-hybridized carbons (Fsp3) is 0.0455. The maximum absolute atomic E-state index is 12.6. The molecule has 0 saturated carbocycles. The van der Waals surface area contributed by atoms with Crippen molar-refractivity contribution in [2.45, 2.75) is 6.92 Å². The molecule has 0 unspecified atom stereocenters. The van der Waals surface area contributed by atoms with Crippen LogP contribution in [0.2, 0.25) is 5.02 Å². The van der Waals surface area contributed by atoms with E-state index in [2.05, 4.69) is 15.8 Å². The summed E-state index contributed by atoms with van der Waals surface area (Å²) >= 11 is 6.18. The number of rotatable bonds is 6. The molecule has 2 amide bonds. The van der Waals surface area contributed by atoms with Gasteiger partial charge in [0.05, 0.1) is 6.21 Å². The van der Waals surface area contributed by atoms with Crippen LogP contribution in [0.3, 0.4) is 0 Å². The van der Waals surface area contributed by atoms with Gasteiger partial charge in [0.2, 0.25) is 0 Å². The Balaban J connectivity index is 1.81. The molecular weight excluding hydrogens is 390 g/mol. The van der Waals surface area contributed by atoms with E-state index in [9.17, 15) is 9.59 Å². The van der Waals surface area contributed by atoms with Gasteiger partial charge in [-0.15, -0.1) is 0 Å². The van der Waals surface area contributed by atoms with Crippen LogP contribution in [-0.2, 0) is 4.79 Å². The Hall–Kier alpha value is -3.64. The normalized spacial score (nSPS) is 11.4. The molecule has 0 radical (unpaired) electrons. The molecule has 1 aromatic heterocycles. The lowest BCUT2D eigenvalue weighted by atomic mass is 10.1. The molecule has 7 heteroatoms. The van der Waals surface area contributed by atoms with E-state index < -0.39 is 11.8 Å². The lowest BCUT2D eigenvalue weighted by Crippen LogP contribution is -2.32. The topological polar surface area (TPSA) is 83.7 Å². The molecule has 1 heterocycles. The summed E-state index contributed by atoms with van der Waals surface area (Å²) in [6.07, 6.45) is 2.86. The van der Waals surface area contributed by atoms with Gasteiger partial charge in [0.25, 0.3) is 11.8 Å². The Morgan fingerprint density at radius 1 is 1.00 bits per heavy atom. The van der Waals surface area contributed by atoms with Crippen LogP contribution in [0.15, 0.2) is 81.9 Å². The van der Waals surface area contributed by atoms with Gasteiger partial charge in [0.15, 0.2) is 0 Å². The van der Waals surface area contributed by atoms with Crippen LogP contribution in [0.25, 0.3) is 6.08 Å². The summed E-state index contributed by atoms with van der Waals surface area (Å²) in [4.78, 5) is 25.2. The molecule has 6 nitrogen and oxygen atoms in total. The number of hydrogen-bond acceptors (Lipinski definition) is 4. The van der Waals surface area contributed by atoms with Crippen LogP contribution in [-0.4, -0.2) is 18.0 Å². The fourth-order valence-corrected chi connectivity index (χ4v) is 2.62. The average Bonchev–Trinajstić information content (AvgIpc) is 3.14. The van der Waals surface area contributed by atoms with Crippen molar-refractivity contribution >= 4 is 35.7 Å². The van der Waals surface area contributed by atoms with Crippen molar-refractivity contribution in [2.24, 2.45) is 5.10 Å². The van der Waals surface area contributed by atoms with Crippen LogP contribution in [0.1, 0.15) is 27.4 Å². The molecule has 3 aromatic rings. The first kappa shape index (κ1) is 20.1. The minimum absolute atomic E-state index is 0.000251. The van der Waals surface area contributed by atoms with Gasteiger partial charge in [0.1, 0.15) is 17.2 Å². The van der Waals surface area contributed by atoms with Crippen LogP contribution in [0.5, 0.6) is 0 Å². The van der Waals surface area contributed by atoms with Crippen molar-refractivity contribution in [1.82, 2.24) is 10.7 Å². The maximum Gasteiger partial charge on any atom is 0.287 e. The van der Waals surface area contributed by atoms with Gasteiger partial charge in [-0.1, -0.05) is 48.0 Å².